The molecule has 0 spiro atoms. The molecule has 0 saturated carbocycles. The quantitative estimate of drug-likeness (QED) is 0.481. The van der Waals surface area contributed by atoms with Gasteiger partial charge in [-0.25, -0.2) is 4.98 Å². The zero-order valence-corrected chi connectivity index (χ0v) is 12.8. The minimum Gasteiger partial charge on any atom is -0.438 e. The summed E-state index contributed by atoms with van der Waals surface area (Å²) in [4.78, 5) is 19.5. The lowest BCUT2D eigenvalue weighted by molar-refractivity contribution is 0.112. The Balaban J connectivity index is 2.35. The van der Waals surface area contributed by atoms with Crippen LogP contribution >= 0.6 is 27.7 Å². The molecule has 2 aromatic rings. The summed E-state index contributed by atoms with van der Waals surface area (Å²) in [6, 6.07) is 6.97. The monoisotopic (exact) mass is 338 g/mol. The van der Waals surface area contributed by atoms with Gasteiger partial charge >= 0.3 is 0 Å². The van der Waals surface area contributed by atoms with E-state index in [4.69, 9.17) is 4.74 Å². The Bertz CT molecular complexity index is 620. The number of carbonyl (C=O) groups excluding carboxylic acids is 1. The van der Waals surface area contributed by atoms with E-state index in [-0.39, 0.29) is 0 Å². The van der Waals surface area contributed by atoms with Crippen molar-refractivity contribution in [2.45, 2.75) is 12.1 Å². The normalized spacial score (nSPS) is 10.3. The first kappa shape index (κ1) is 14.0. The van der Waals surface area contributed by atoms with E-state index in [9.17, 15) is 4.79 Å². The van der Waals surface area contributed by atoms with Crippen LogP contribution in [-0.2, 0) is 0 Å². The molecule has 2 rings (SSSR count). The highest BCUT2D eigenvalue weighted by molar-refractivity contribution is 9.10. The third-order valence-corrected chi connectivity index (χ3v) is 3.35. The number of hydrogen-bond donors (Lipinski definition) is 0. The van der Waals surface area contributed by atoms with Crippen LogP contribution < -0.4 is 4.74 Å². The molecular formula is C13H11BrN2O2S. The maximum absolute atomic E-state index is 11.0. The maximum Gasteiger partial charge on any atom is 0.223 e. The van der Waals surface area contributed by atoms with Gasteiger partial charge in [0.2, 0.25) is 5.88 Å². The molecule has 1 aromatic carbocycles. The third-order valence-electron chi connectivity index (χ3n) is 2.31. The number of halogens is 1. The van der Waals surface area contributed by atoms with Crippen molar-refractivity contribution < 1.29 is 9.53 Å². The van der Waals surface area contributed by atoms with Crippen LogP contribution in [-0.4, -0.2) is 22.5 Å². The van der Waals surface area contributed by atoms with Crippen LogP contribution in [0.1, 0.15) is 16.1 Å². The topological polar surface area (TPSA) is 52.1 Å². The van der Waals surface area contributed by atoms with Crippen LogP contribution in [0.5, 0.6) is 11.6 Å². The predicted molar refractivity (Wildman–Crippen MR) is 78.2 cm³/mol. The fourth-order valence-electron chi connectivity index (χ4n) is 1.47. The van der Waals surface area contributed by atoms with Gasteiger partial charge in [0.05, 0.1) is 5.56 Å². The first-order chi connectivity index (χ1) is 9.12. The number of carbonyl (C=O) groups is 1. The first-order valence-corrected chi connectivity index (χ1v) is 7.46. The molecule has 0 unspecified atom stereocenters. The molecule has 1 heterocycles. The van der Waals surface area contributed by atoms with Gasteiger partial charge in [0.25, 0.3) is 0 Å². The van der Waals surface area contributed by atoms with E-state index in [1.165, 1.54) is 11.8 Å². The number of thioether (sulfide) groups is 1. The number of rotatable bonds is 4. The summed E-state index contributed by atoms with van der Waals surface area (Å²) in [5.41, 5.74) is 1.29. The van der Waals surface area contributed by atoms with Gasteiger partial charge in [-0.05, 0) is 31.4 Å². The smallest absolute Gasteiger partial charge is 0.223 e. The largest absolute Gasteiger partial charge is 0.438 e. The van der Waals surface area contributed by atoms with Gasteiger partial charge in [0.1, 0.15) is 5.75 Å². The Morgan fingerprint density at radius 3 is 2.79 bits per heavy atom. The van der Waals surface area contributed by atoms with E-state index in [0.717, 1.165) is 16.5 Å². The average Bonchev–Trinajstić information content (AvgIpc) is 2.40. The van der Waals surface area contributed by atoms with Gasteiger partial charge in [-0.2, -0.15) is 4.98 Å². The fraction of sp³-hybridized carbons (Fsp3) is 0.154. The Morgan fingerprint density at radius 1 is 1.32 bits per heavy atom. The molecular weight excluding hydrogens is 328 g/mol. The summed E-state index contributed by atoms with van der Waals surface area (Å²) in [6.07, 6.45) is 2.65. The molecule has 0 aliphatic carbocycles. The molecule has 0 atom stereocenters. The second-order valence-corrected chi connectivity index (χ2v) is 5.43. The number of aromatic nitrogens is 2. The van der Waals surface area contributed by atoms with Crippen LogP contribution in [0.15, 0.2) is 33.9 Å². The van der Waals surface area contributed by atoms with Crippen molar-refractivity contribution in [1.82, 2.24) is 9.97 Å². The third kappa shape index (κ3) is 3.54. The van der Waals surface area contributed by atoms with Crippen molar-refractivity contribution in [3.05, 3.63) is 40.0 Å². The Labute approximate surface area is 123 Å². The number of ether oxygens (including phenoxy) is 1. The highest BCUT2D eigenvalue weighted by atomic mass is 79.9. The zero-order valence-electron chi connectivity index (χ0n) is 10.4. The molecule has 0 aliphatic rings. The lowest BCUT2D eigenvalue weighted by Crippen LogP contribution is -1.96. The predicted octanol–water partition coefficient (Wildman–Crippen LogP) is 3.87. The van der Waals surface area contributed by atoms with Crippen molar-refractivity contribution in [3.8, 4) is 11.6 Å². The van der Waals surface area contributed by atoms with Crippen molar-refractivity contribution >= 4 is 34.0 Å². The van der Waals surface area contributed by atoms with Gasteiger partial charge in [-0.1, -0.05) is 27.7 Å². The van der Waals surface area contributed by atoms with Crippen LogP contribution in [0.4, 0.5) is 0 Å². The molecule has 19 heavy (non-hydrogen) atoms. The van der Waals surface area contributed by atoms with E-state index in [1.54, 1.807) is 18.2 Å². The van der Waals surface area contributed by atoms with E-state index < -0.39 is 0 Å². The molecule has 98 valence electrons. The highest BCUT2D eigenvalue weighted by Crippen LogP contribution is 2.27. The first-order valence-electron chi connectivity index (χ1n) is 5.44. The number of aryl methyl sites for hydroxylation is 1. The van der Waals surface area contributed by atoms with E-state index >= 15 is 0 Å². The standard InChI is InChI=1S/C13H11BrN2O2S/c1-8-5-12(16-13(15-8)19-2)18-11-4-3-10(14)6-9(11)7-17/h3-7H,1-2H3. The summed E-state index contributed by atoms with van der Waals surface area (Å²) in [6.45, 7) is 1.87. The summed E-state index contributed by atoms with van der Waals surface area (Å²) in [7, 11) is 0. The van der Waals surface area contributed by atoms with Gasteiger partial charge in [0.15, 0.2) is 11.4 Å². The van der Waals surface area contributed by atoms with Crippen LogP contribution in [0.25, 0.3) is 0 Å². The van der Waals surface area contributed by atoms with Crippen LogP contribution in [0.2, 0.25) is 0 Å². The van der Waals surface area contributed by atoms with Crippen molar-refractivity contribution in [3.63, 3.8) is 0 Å². The summed E-state index contributed by atoms with van der Waals surface area (Å²) >= 11 is 4.75. The van der Waals surface area contributed by atoms with Crippen LogP contribution in [0.3, 0.4) is 0 Å². The van der Waals surface area contributed by atoms with Crippen molar-refractivity contribution in [1.29, 1.82) is 0 Å². The number of nitrogens with zero attached hydrogens (tertiary/aromatic N) is 2. The van der Waals surface area contributed by atoms with Gasteiger partial charge < -0.3 is 4.74 Å². The summed E-state index contributed by atoms with van der Waals surface area (Å²) in [5, 5.41) is 0.639. The number of aldehydes is 1. The summed E-state index contributed by atoms with van der Waals surface area (Å²) in [5.74, 6) is 0.908. The lowest BCUT2D eigenvalue weighted by atomic mass is 10.2. The molecule has 0 fully saturated rings. The molecule has 0 amide bonds. The molecule has 6 heteroatoms. The maximum atomic E-state index is 11.0. The molecule has 0 aliphatic heterocycles. The van der Waals surface area contributed by atoms with Gasteiger partial charge in [-0.3, -0.25) is 4.79 Å². The van der Waals surface area contributed by atoms with E-state index in [0.29, 0.717) is 22.3 Å². The minimum atomic E-state index is 0.433. The highest BCUT2D eigenvalue weighted by Gasteiger charge is 2.08. The average molecular weight is 339 g/mol. The lowest BCUT2D eigenvalue weighted by Gasteiger charge is -2.08. The van der Waals surface area contributed by atoms with E-state index in [2.05, 4.69) is 25.9 Å². The summed E-state index contributed by atoms with van der Waals surface area (Å²) < 4.78 is 6.49. The second-order valence-electron chi connectivity index (χ2n) is 3.74. The Kier molecular flexibility index (Phi) is 4.55. The van der Waals surface area contributed by atoms with Gasteiger partial charge in [-0.15, -0.1) is 0 Å². The molecule has 0 radical (unpaired) electrons. The molecule has 4 nitrogen and oxygen atoms in total. The van der Waals surface area contributed by atoms with Crippen LogP contribution in [0, 0.1) is 6.92 Å². The SMILES string of the molecule is CSc1nc(C)cc(Oc2ccc(Br)cc2C=O)n1. The molecule has 0 N–H and O–H groups in total. The van der Waals surface area contributed by atoms with Crippen molar-refractivity contribution in [2.24, 2.45) is 0 Å². The number of benzene rings is 1. The number of hydrogen-bond acceptors (Lipinski definition) is 5. The van der Waals surface area contributed by atoms with Gasteiger partial charge in [0, 0.05) is 16.2 Å². The molecule has 1 aromatic heterocycles. The zero-order chi connectivity index (χ0) is 13.8. The Hall–Kier alpha value is -1.40. The minimum absolute atomic E-state index is 0.433. The second kappa shape index (κ2) is 6.16. The van der Waals surface area contributed by atoms with E-state index in [1.807, 2.05) is 19.2 Å². The molecule has 0 bridgehead atoms. The fourth-order valence-corrected chi connectivity index (χ4v) is 2.27. The Morgan fingerprint density at radius 2 is 2.11 bits per heavy atom. The molecule has 0 saturated heterocycles. The van der Waals surface area contributed by atoms with Crippen molar-refractivity contribution in [2.75, 3.05) is 6.26 Å².